The number of amides is 1. The topological polar surface area (TPSA) is 41.1 Å². The number of carbonyl (C=O) groups is 1. The highest BCUT2D eigenvalue weighted by Gasteiger charge is 2.24. The minimum Gasteiger partial charge on any atom is -0.353 e. The lowest BCUT2D eigenvalue weighted by atomic mass is 10.1. The van der Waals surface area contributed by atoms with Gasteiger partial charge in [-0.2, -0.15) is 11.8 Å². The van der Waals surface area contributed by atoms with Gasteiger partial charge in [-0.3, -0.25) is 4.79 Å². The van der Waals surface area contributed by atoms with Gasteiger partial charge in [0, 0.05) is 12.6 Å². The summed E-state index contributed by atoms with van der Waals surface area (Å²) in [6.07, 6.45) is 3.31. The maximum atomic E-state index is 11.8. The van der Waals surface area contributed by atoms with Crippen molar-refractivity contribution in [3.05, 3.63) is 0 Å². The second kappa shape index (κ2) is 5.03. The molecule has 2 saturated heterocycles. The lowest BCUT2D eigenvalue weighted by molar-refractivity contribution is -0.125. The van der Waals surface area contributed by atoms with Crippen molar-refractivity contribution in [1.82, 2.24) is 10.6 Å². The van der Waals surface area contributed by atoms with Gasteiger partial charge in [0.05, 0.1) is 5.92 Å². The first-order valence-corrected chi connectivity index (χ1v) is 6.60. The molecule has 80 valence electrons. The van der Waals surface area contributed by atoms with E-state index in [0.29, 0.717) is 6.04 Å². The Hall–Kier alpha value is -0.220. The van der Waals surface area contributed by atoms with Crippen LogP contribution >= 0.6 is 11.8 Å². The van der Waals surface area contributed by atoms with Crippen LogP contribution in [0.5, 0.6) is 0 Å². The highest BCUT2D eigenvalue weighted by molar-refractivity contribution is 7.99. The minimum atomic E-state index is 0.226. The number of thioether (sulfide) groups is 1. The highest BCUT2D eigenvalue weighted by atomic mass is 32.2. The Labute approximate surface area is 89.4 Å². The summed E-state index contributed by atoms with van der Waals surface area (Å²) in [7, 11) is 0. The molecule has 2 rings (SSSR count). The summed E-state index contributed by atoms with van der Waals surface area (Å²) in [5.74, 6) is 2.90. The maximum absolute atomic E-state index is 11.8. The molecular formula is C10H18N2OS. The molecule has 1 amide bonds. The average Bonchev–Trinajstić information content (AvgIpc) is 2.72. The summed E-state index contributed by atoms with van der Waals surface area (Å²) in [4.78, 5) is 11.8. The van der Waals surface area contributed by atoms with E-state index in [1.54, 1.807) is 0 Å². The number of hydrogen-bond acceptors (Lipinski definition) is 3. The minimum absolute atomic E-state index is 0.226. The van der Waals surface area contributed by atoms with E-state index in [4.69, 9.17) is 0 Å². The molecule has 0 radical (unpaired) electrons. The Morgan fingerprint density at radius 2 is 2.07 bits per heavy atom. The van der Waals surface area contributed by atoms with Crippen molar-refractivity contribution in [2.45, 2.75) is 25.3 Å². The molecule has 4 heteroatoms. The Balaban J connectivity index is 1.75. The Morgan fingerprint density at radius 1 is 1.29 bits per heavy atom. The number of rotatable bonds is 2. The third-order valence-corrected chi connectivity index (χ3v) is 4.05. The van der Waals surface area contributed by atoms with Crippen LogP contribution in [0.25, 0.3) is 0 Å². The van der Waals surface area contributed by atoms with Crippen LogP contribution < -0.4 is 10.6 Å². The predicted molar refractivity (Wildman–Crippen MR) is 59.5 cm³/mol. The van der Waals surface area contributed by atoms with E-state index in [1.165, 1.54) is 11.5 Å². The molecule has 2 aliphatic rings. The molecule has 2 fully saturated rings. The van der Waals surface area contributed by atoms with Crippen LogP contribution in [0.15, 0.2) is 0 Å². The van der Waals surface area contributed by atoms with Crippen LogP contribution in [0.4, 0.5) is 0 Å². The summed E-state index contributed by atoms with van der Waals surface area (Å²) < 4.78 is 0. The summed E-state index contributed by atoms with van der Waals surface area (Å²) in [6.45, 7) is 1.87. The van der Waals surface area contributed by atoms with Crippen LogP contribution in [0.1, 0.15) is 19.3 Å². The zero-order chi connectivity index (χ0) is 9.80. The smallest absolute Gasteiger partial charge is 0.224 e. The van der Waals surface area contributed by atoms with Gasteiger partial charge in [0.25, 0.3) is 0 Å². The molecule has 0 saturated carbocycles. The van der Waals surface area contributed by atoms with Crippen molar-refractivity contribution in [2.24, 2.45) is 5.92 Å². The second-order valence-corrected chi connectivity index (χ2v) is 5.31. The predicted octanol–water partition coefficient (Wildman–Crippen LogP) is 0.608. The first kappa shape index (κ1) is 10.3. The molecule has 1 atom stereocenters. The summed E-state index contributed by atoms with van der Waals surface area (Å²) in [5, 5.41) is 6.39. The van der Waals surface area contributed by atoms with Gasteiger partial charge >= 0.3 is 0 Å². The third-order valence-electron chi connectivity index (χ3n) is 3.00. The standard InChI is InChI=1S/C10H18N2OS/c13-10(8-1-4-11-7-8)12-9-2-5-14-6-3-9/h8-9,11H,1-7H2,(H,12,13)/t8-/m1/s1. The second-order valence-electron chi connectivity index (χ2n) is 4.08. The molecule has 2 N–H and O–H groups in total. The highest BCUT2D eigenvalue weighted by Crippen LogP contribution is 2.18. The summed E-state index contributed by atoms with van der Waals surface area (Å²) >= 11 is 1.99. The lowest BCUT2D eigenvalue weighted by Gasteiger charge is -2.23. The van der Waals surface area contributed by atoms with Gasteiger partial charge in [0.2, 0.25) is 5.91 Å². The van der Waals surface area contributed by atoms with E-state index in [-0.39, 0.29) is 11.8 Å². The van der Waals surface area contributed by atoms with Crippen molar-refractivity contribution in [3.63, 3.8) is 0 Å². The molecule has 14 heavy (non-hydrogen) atoms. The van der Waals surface area contributed by atoms with Crippen molar-refractivity contribution in [2.75, 3.05) is 24.6 Å². The molecule has 3 nitrogen and oxygen atoms in total. The van der Waals surface area contributed by atoms with Gasteiger partial charge < -0.3 is 10.6 Å². The molecule has 2 heterocycles. The fraction of sp³-hybridized carbons (Fsp3) is 0.900. The Bertz CT molecular complexity index is 198. The van der Waals surface area contributed by atoms with Crippen LogP contribution in [-0.2, 0) is 4.79 Å². The van der Waals surface area contributed by atoms with Crippen molar-refractivity contribution >= 4 is 17.7 Å². The normalized spacial score (nSPS) is 29.0. The Morgan fingerprint density at radius 3 is 2.71 bits per heavy atom. The summed E-state index contributed by atoms with van der Waals surface area (Å²) in [5.41, 5.74) is 0. The third kappa shape index (κ3) is 2.64. The molecule has 0 aromatic carbocycles. The van der Waals surface area contributed by atoms with E-state index < -0.39 is 0 Å². The average molecular weight is 214 g/mol. The maximum Gasteiger partial charge on any atom is 0.224 e. The van der Waals surface area contributed by atoms with Crippen LogP contribution in [0, 0.1) is 5.92 Å². The molecule has 2 aliphatic heterocycles. The van der Waals surface area contributed by atoms with E-state index in [2.05, 4.69) is 10.6 Å². The molecule has 0 unspecified atom stereocenters. The molecular weight excluding hydrogens is 196 g/mol. The van der Waals surface area contributed by atoms with Crippen LogP contribution in [0.2, 0.25) is 0 Å². The number of carbonyl (C=O) groups excluding carboxylic acids is 1. The quantitative estimate of drug-likeness (QED) is 0.707. The fourth-order valence-electron chi connectivity index (χ4n) is 2.04. The SMILES string of the molecule is O=C(NC1CCSCC1)[C@@H]1CCNC1. The van der Waals surface area contributed by atoms with Crippen molar-refractivity contribution < 1.29 is 4.79 Å². The van der Waals surface area contributed by atoms with Gasteiger partial charge in [0.15, 0.2) is 0 Å². The van der Waals surface area contributed by atoms with Gasteiger partial charge in [0.1, 0.15) is 0 Å². The van der Waals surface area contributed by atoms with E-state index >= 15 is 0 Å². The summed E-state index contributed by atoms with van der Waals surface area (Å²) in [6, 6.07) is 0.448. The number of hydrogen-bond donors (Lipinski definition) is 2. The molecule has 0 spiro atoms. The van der Waals surface area contributed by atoms with Crippen LogP contribution in [0.3, 0.4) is 0 Å². The van der Waals surface area contributed by atoms with Gasteiger partial charge in [-0.05, 0) is 37.3 Å². The monoisotopic (exact) mass is 214 g/mol. The lowest BCUT2D eigenvalue weighted by Crippen LogP contribution is -2.41. The van der Waals surface area contributed by atoms with Crippen LogP contribution in [-0.4, -0.2) is 36.5 Å². The first-order chi connectivity index (χ1) is 6.86. The largest absolute Gasteiger partial charge is 0.353 e. The zero-order valence-corrected chi connectivity index (χ0v) is 9.24. The van der Waals surface area contributed by atoms with Crippen molar-refractivity contribution in [1.29, 1.82) is 0 Å². The fourth-order valence-corrected chi connectivity index (χ4v) is 3.15. The van der Waals surface area contributed by atoms with E-state index in [9.17, 15) is 4.79 Å². The number of nitrogens with one attached hydrogen (secondary N) is 2. The molecule has 0 aromatic heterocycles. The molecule has 0 aromatic rings. The molecule has 0 bridgehead atoms. The van der Waals surface area contributed by atoms with Gasteiger partial charge in [-0.1, -0.05) is 0 Å². The molecule has 0 aliphatic carbocycles. The van der Waals surface area contributed by atoms with E-state index in [1.807, 2.05) is 11.8 Å². The Kier molecular flexibility index (Phi) is 3.70. The van der Waals surface area contributed by atoms with E-state index in [0.717, 1.165) is 32.4 Å². The zero-order valence-electron chi connectivity index (χ0n) is 8.42. The van der Waals surface area contributed by atoms with Gasteiger partial charge in [-0.25, -0.2) is 0 Å². The first-order valence-electron chi connectivity index (χ1n) is 5.45. The van der Waals surface area contributed by atoms with Crippen molar-refractivity contribution in [3.8, 4) is 0 Å². The van der Waals surface area contributed by atoms with Gasteiger partial charge in [-0.15, -0.1) is 0 Å².